The quantitative estimate of drug-likeness (QED) is 0.645. The Morgan fingerprint density at radius 1 is 0.818 bits per heavy atom. The fraction of sp³-hybridized carbons (Fsp3) is 0.500. The van der Waals surface area contributed by atoms with E-state index in [0.29, 0.717) is 30.8 Å². The molecule has 1 amide bonds. The Morgan fingerprint density at radius 2 is 1.45 bits per heavy atom. The summed E-state index contributed by atoms with van der Waals surface area (Å²) in [5, 5.41) is 0. The van der Waals surface area contributed by atoms with E-state index in [4.69, 9.17) is 0 Å². The average molecular weight is 470 g/mol. The highest BCUT2D eigenvalue weighted by molar-refractivity contribution is 7.89. The van der Waals surface area contributed by atoms with Crippen molar-refractivity contribution >= 4 is 21.6 Å². The van der Waals surface area contributed by atoms with Crippen LogP contribution in [0.15, 0.2) is 53.4 Å². The minimum absolute atomic E-state index is 0.167. The number of sulfonamides is 1. The van der Waals surface area contributed by atoms with Crippen molar-refractivity contribution in [2.45, 2.75) is 50.3 Å². The van der Waals surface area contributed by atoms with Gasteiger partial charge in [0.25, 0.3) is 0 Å². The van der Waals surface area contributed by atoms with Gasteiger partial charge in [-0.15, -0.1) is 0 Å². The standard InChI is InChI=1S/C26H35N3O3S/c1-22-8-4-5-9-25(22)27-18-20-28(21-19-27)26(30)15-12-23-10-13-24(14-11-23)33(31,32)29-16-6-2-3-7-17-29/h4-5,8-11,13-14H,2-3,6-7,12,15-21H2,1H3. The number of para-hydroxylation sites is 1. The van der Waals surface area contributed by atoms with Crippen LogP contribution in [0.2, 0.25) is 0 Å². The first-order valence-corrected chi connectivity index (χ1v) is 13.6. The van der Waals surface area contributed by atoms with E-state index in [-0.39, 0.29) is 5.91 Å². The second-order valence-electron chi connectivity index (χ2n) is 9.12. The Morgan fingerprint density at radius 3 is 2.09 bits per heavy atom. The Bertz CT molecular complexity index is 1040. The number of carbonyl (C=O) groups is 1. The van der Waals surface area contributed by atoms with E-state index in [9.17, 15) is 13.2 Å². The van der Waals surface area contributed by atoms with Gasteiger partial charge >= 0.3 is 0 Å². The van der Waals surface area contributed by atoms with Gasteiger partial charge in [-0.1, -0.05) is 43.2 Å². The molecule has 2 aromatic carbocycles. The lowest BCUT2D eigenvalue weighted by molar-refractivity contribution is -0.131. The topological polar surface area (TPSA) is 60.9 Å². The van der Waals surface area contributed by atoms with Crippen molar-refractivity contribution in [2.75, 3.05) is 44.2 Å². The maximum absolute atomic E-state index is 12.9. The second-order valence-corrected chi connectivity index (χ2v) is 11.1. The fourth-order valence-corrected chi connectivity index (χ4v) is 6.30. The van der Waals surface area contributed by atoms with Crippen LogP contribution < -0.4 is 4.90 Å². The normalized spacial score (nSPS) is 18.2. The first-order chi connectivity index (χ1) is 15.9. The van der Waals surface area contributed by atoms with Crippen molar-refractivity contribution < 1.29 is 13.2 Å². The first-order valence-electron chi connectivity index (χ1n) is 12.1. The molecule has 0 aliphatic carbocycles. The third-order valence-electron chi connectivity index (χ3n) is 6.84. The highest BCUT2D eigenvalue weighted by atomic mass is 32.2. The third-order valence-corrected chi connectivity index (χ3v) is 8.76. The Labute approximate surface area is 198 Å². The van der Waals surface area contributed by atoms with Crippen LogP contribution >= 0.6 is 0 Å². The molecule has 0 saturated carbocycles. The number of nitrogens with zero attached hydrogens (tertiary/aromatic N) is 3. The Balaban J connectivity index is 1.28. The van der Waals surface area contributed by atoms with E-state index in [1.807, 2.05) is 17.0 Å². The highest BCUT2D eigenvalue weighted by Gasteiger charge is 2.25. The molecule has 2 aromatic rings. The van der Waals surface area contributed by atoms with Crippen molar-refractivity contribution in [1.29, 1.82) is 0 Å². The molecule has 178 valence electrons. The number of amides is 1. The van der Waals surface area contributed by atoms with Gasteiger partial charge in [0.05, 0.1) is 4.90 Å². The number of hydrogen-bond acceptors (Lipinski definition) is 4. The Kier molecular flexibility index (Phi) is 7.71. The average Bonchev–Trinajstić information content (AvgIpc) is 3.14. The summed E-state index contributed by atoms with van der Waals surface area (Å²) in [6.07, 6.45) is 5.13. The van der Waals surface area contributed by atoms with Gasteiger partial charge in [0.1, 0.15) is 0 Å². The van der Waals surface area contributed by atoms with Crippen molar-refractivity contribution in [3.8, 4) is 0 Å². The van der Waals surface area contributed by atoms with Crippen molar-refractivity contribution in [2.24, 2.45) is 0 Å². The van der Waals surface area contributed by atoms with Gasteiger partial charge in [-0.2, -0.15) is 4.31 Å². The molecule has 6 nitrogen and oxygen atoms in total. The number of hydrogen-bond donors (Lipinski definition) is 0. The maximum Gasteiger partial charge on any atom is 0.243 e. The molecule has 0 radical (unpaired) electrons. The van der Waals surface area contributed by atoms with Crippen molar-refractivity contribution in [3.63, 3.8) is 0 Å². The molecule has 2 fully saturated rings. The fourth-order valence-electron chi connectivity index (χ4n) is 4.78. The Hall–Kier alpha value is -2.38. The van der Waals surface area contributed by atoms with E-state index in [1.165, 1.54) is 11.3 Å². The number of aryl methyl sites for hydroxylation is 2. The van der Waals surface area contributed by atoms with Crippen LogP contribution in [0, 0.1) is 6.92 Å². The molecule has 0 aromatic heterocycles. The van der Waals surface area contributed by atoms with Gasteiger partial charge in [-0.25, -0.2) is 8.42 Å². The molecule has 33 heavy (non-hydrogen) atoms. The summed E-state index contributed by atoms with van der Waals surface area (Å²) in [5.41, 5.74) is 3.51. The molecule has 0 spiro atoms. The van der Waals surface area contributed by atoms with Crippen LogP contribution in [0.1, 0.15) is 43.2 Å². The molecule has 0 atom stereocenters. The van der Waals surface area contributed by atoms with Gasteiger partial charge < -0.3 is 9.80 Å². The van der Waals surface area contributed by atoms with Crippen molar-refractivity contribution in [3.05, 3.63) is 59.7 Å². The monoisotopic (exact) mass is 469 g/mol. The van der Waals surface area contributed by atoms with Crippen LogP contribution in [0.4, 0.5) is 5.69 Å². The van der Waals surface area contributed by atoms with E-state index in [1.54, 1.807) is 16.4 Å². The third kappa shape index (κ3) is 5.76. The summed E-state index contributed by atoms with van der Waals surface area (Å²) in [5.74, 6) is 0.167. The SMILES string of the molecule is Cc1ccccc1N1CCN(C(=O)CCc2ccc(S(=O)(=O)N3CCCCCC3)cc2)CC1. The minimum atomic E-state index is -3.43. The molecule has 0 N–H and O–H groups in total. The molecular formula is C26H35N3O3S. The summed E-state index contributed by atoms with van der Waals surface area (Å²) >= 11 is 0. The lowest BCUT2D eigenvalue weighted by Gasteiger charge is -2.37. The second kappa shape index (κ2) is 10.7. The van der Waals surface area contributed by atoms with E-state index in [2.05, 4.69) is 36.1 Å². The predicted molar refractivity (Wildman–Crippen MR) is 132 cm³/mol. The molecule has 2 saturated heterocycles. The molecule has 4 rings (SSSR count). The lowest BCUT2D eigenvalue weighted by Crippen LogP contribution is -2.49. The number of piperazine rings is 1. The molecular weight excluding hydrogens is 434 g/mol. The summed E-state index contributed by atoms with van der Waals surface area (Å²) in [6.45, 7) is 6.50. The number of carbonyl (C=O) groups excluding carboxylic acids is 1. The van der Waals surface area contributed by atoms with Gasteiger partial charge in [-0.3, -0.25) is 4.79 Å². The van der Waals surface area contributed by atoms with Crippen molar-refractivity contribution in [1.82, 2.24) is 9.21 Å². The zero-order valence-corrected chi connectivity index (χ0v) is 20.4. The lowest BCUT2D eigenvalue weighted by atomic mass is 10.1. The largest absolute Gasteiger partial charge is 0.368 e. The summed E-state index contributed by atoms with van der Waals surface area (Å²) in [7, 11) is -3.43. The number of rotatable bonds is 6. The molecule has 2 aliphatic rings. The number of benzene rings is 2. The van der Waals surface area contributed by atoms with Gasteiger partial charge in [0.15, 0.2) is 0 Å². The van der Waals surface area contributed by atoms with E-state index in [0.717, 1.165) is 57.4 Å². The highest BCUT2D eigenvalue weighted by Crippen LogP contribution is 2.22. The smallest absolute Gasteiger partial charge is 0.243 e. The maximum atomic E-state index is 12.9. The zero-order valence-electron chi connectivity index (χ0n) is 19.6. The van der Waals surface area contributed by atoms with E-state index >= 15 is 0 Å². The molecule has 2 aliphatic heterocycles. The molecule has 2 heterocycles. The summed E-state index contributed by atoms with van der Waals surface area (Å²) < 4.78 is 27.5. The molecule has 7 heteroatoms. The van der Waals surface area contributed by atoms with Crippen LogP contribution in [0.3, 0.4) is 0 Å². The van der Waals surface area contributed by atoms with Gasteiger partial charge in [-0.05, 0) is 55.5 Å². The zero-order chi connectivity index (χ0) is 23.3. The molecule has 0 unspecified atom stereocenters. The minimum Gasteiger partial charge on any atom is -0.368 e. The summed E-state index contributed by atoms with van der Waals surface area (Å²) in [6, 6.07) is 15.5. The summed E-state index contributed by atoms with van der Waals surface area (Å²) in [4.78, 5) is 17.4. The number of anilines is 1. The van der Waals surface area contributed by atoms with Crippen LogP contribution in [-0.4, -0.2) is 62.8 Å². The van der Waals surface area contributed by atoms with Gasteiger partial charge in [0.2, 0.25) is 15.9 Å². The van der Waals surface area contributed by atoms with Crippen LogP contribution in [0.25, 0.3) is 0 Å². The molecule has 0 bridgehead atoms. The predicted octanol–water partition coefficient (Wildman–Crippen LogP) is 3.84. The van der Waals surface area contributed by atoms with Crippen LogP contribution in [-0.2, 0) is 21.2 Å². The van der Waals surface area contributed by atoms with E-state index < -0.39 is 10.0 Å². The van der Waals surface area contributed by atoms with Gasteiger partial charge in [0, 0.05) is 51.4 Å². The first kappa shape index (κ1) is 23.8. The van der Waals surface area contributed by atoms with Crippen LogP contribution in [0.5, 0.6) is 0 Å².